The highest BCUT2D eigenvalue weighted by atomic mass is 16.2. The molecule has 1 aliphatic carbocycles. The molecule has 1 unspecified atom stereocenters. The Hall–Kier alpha value is -2.75. The number of aromatic nitrogens is 2. The van der Waals surface area contributed by atoms with Crippen molar-refractivity contribution >= 4 is 11.8 Å². The van der Waals surface area contributed by atoms with E-state index in [1.54, 1.807) is 12.3 Å². The number of nitrogens with zero attached hydrogens (tertiary/aromatic N) is 4. The maximum Gasteiger partial charge on any atom is 0.354 e. The molecule has 0 radical (unpaired) electrons. The van der Waals surface area contributed by atoms with Crippen molar-refractivity contribution in [3.05, 3.63) is 52.6 Å². The van der Waals surface area contributed by atoms with Gasteiger partial charge in [-0.25, -0.2) is 9.59 Å². The highest BCUT2D eigenvalue weighted by Crippen LogP contribution is 2.50. The van der Waals surface area contributed by atoms with E-state index in [1.165, 1.54) is 23.2 Å². The molecule has 2 amide bonds. The maximum absolute atomic E-state index is 12.7. The molecule has 3 saturated heterocycles. The minimum absolute atomic E-state index is 0.185. The Labute approximate surface area is 205 Å². The summed E-state index contributed by atoms with van der Waals surface area (Å²) in [4.78, 5) is 33.8. The third-order valence-electron chi connectivity index (χ3n) is 8.80. The van der Waals surface area contributed by atoms with E-state index in [9.17, 15) is 9.59 Å². The number of nitrogens with one attached hydrogen (secondary N) is 2. The van der Waals surface area contributed by atoms with Crippen molar-refractivity contribution in [2.24, 2.45) is 28.9 Å². The first-order chi connectivity index (χ1) is 17.0. The monoisotopic (exact) mass is 477 g/mol. The largest absolute Gasteiger partial charge is 0.354 e. The molecule has 9 heteroatoms. The number of benzene rings is 1. The zero-order valence-electron chi connectivity index (χ0n) is 20.2. The molecule has 6 rings (SSSR count). The SMILES string of the molecule is NCC1[C@H]2CN(CCc3ccc(-n4ccc(NC(=O)N5CCC6(CC5)CNC6)nc4=O)cc3)C[C@@H]12. The Kier molecular flexibility index (Phi) is 5.86. The van der Waals surface area contributed by atoms with Crippen LogP contribution < -0.4 is 22.1 Å². The number of hydrogen-bond donors (Lipinski definition) is 3. The number of hydrogen-bond acceptors (Lipinski definition) is 6. The van der Waals surface area contributed by atoms with Crippen LogP contribution in [0.25, 0.3) is 5.69 Å². The van der Waals surface area contributed by atoms with Gasteiger partial charge in [0.25, 0.3) is 0 Å². The molecular formula is C26H35N7O2. The van der Waals surface area contributed by atoms with E-state index in [2.05, 4.69) is 32.7 Å². The van der Waals surface area contributed by atoms with Crippen molar-refractivity contribution in [3.8, 4) is 5.69 Å². The molecule has 4 fully saturated rings. The van der Waals surface area contributed by atoms with Crippen LogP contribution in [0.2, 0.25) is 0 Å². The summed E-state index contributed by atoms with van der Waals surface area (Å²) in [7, 11) is 0. The molecule has 1 saturated carbocycles. The zero-order chi connectivity index (χ0) is 24.0. The second-order valence-electron chi connectivity index (χ2n) is 10.9. The van der Waals surface area contributed by atoms with Crippen molar-refractivity contribution in [2.75, 3.05) is 57.7 Å². The fraction of sp³-hybridized carbons (Fsp3) is 0.577. The topological polar surface area (TPSA) is 109 Å². The molecule has 186 valence electrons. The molecule has 4 heterocycles. The number of amides is 2. The molecule has 2 aromatic rings. The lowest BCUT2D eigenvalue weighted by molar-refractivity contribution is 0.0718. The summed E-state index contributed by atoms with van der Waals surface area (Å²) in [6.45, 7) is 7.86. The van der Waals surface area contributed by atoms with Gasteiger partial charge in [0.1, 0.15) is 5.82 Å². The normalized spacial score (nSPS) is 26.9. The lowest BCUT2D eigenvalue weighted by Gasteiger charge is -2.48. The number of piperidine rings is 2. The summed E-state index contributed by atoms with van der Waals surface area (Å²) in [6.07, 6.45) is 4.72. The molecule has 1 aromatic carbocycles. The Morgan fingerprint density at radius 1 is 1.11 bits per heavy atom. The van der Waals surface area contributed by atoms with Crippen LogP contribution in [0.3, 0.4) is 0 Å². The minimum Gasteiger partial charge on any atom is -0.330 e. The van der Waals surface area contributed by atoms with Crippen LogP contribution in [0.15, 0.2) is 41.3 Å². The second-order valence-corrected chi connectivity index (χ2v) is 10.9. The minimum atomic E-state index is -0.403. The van der Waals surface area contributed by atoms with Crippen molar-refractivity contribution in [1.82, 2.24) is 24.7 Å². The van der Waals surface area contributed by atoms with Crippen LogP contribution in [0.5, 0.6) is 0 Å². The van der Waals surface area contributed by atoms with Gasteiger partial charge in [-0.15, -0.1) is 0 Å². The Morgan fingerprint density at radius 3 is 2.43 bits per heavy atom. The first-order valence-electron chi connectivity index (χ1n) is 12.9. The maximum atomic E-state index is 12.7. The highest BCUT2D eigenvalue weighted by Gasteiger charge is 2.54. The summed E-state index contributed by atoms with van der Waals surface area (Å²) in [5.74, 6) is 2.70. The third-order valence-corrected chi connectivity index (χ3v) is 8.80. The summed E-state index contributed by atoms with van der Waals surface area (Å²) < 4.78 is 1.51. The zero-order valence-corrected chi connectivity index (χ0v) is 20.2. The molecular weight excluding hydrogens is 442 g/mol. The van der Waals surface area contributed by atoms with Crippen molar-refractivity contribution in [2.45, 2.75) is 19.3 Å². The van der Waals surface area contributed by atoms with Gasteiger partial charge in [0.15, 0.2) is 0 Å². The Balaban J connectivity index is 1.02. The van der Waals surface area contributed by atoms with E-state index in [-0.39, 0.29) is 6.03 Å². The molecule has 3 aliphatic heterocycles. The summed E-state index contributed by atoms with van der Waals surface area (Å²) >= 11 is 0. The number of nitrogens with two attached hydrogens (primary N) is 1. The predicted octanol–water partition coefficient (Wildman–Crippen LogP) is 1.13. The van der Waals surface area contributed by atoms with Gasteiger partial charge < -0.3 is 20.9 Å². The van der Waals surface area contributed by atoms with E-state index in [0.717, 1.165) is 82.0 Å². The number of carbonyl (C=O) groups is 1. The average Bonchev–Trinajstić information content (AvgIpc) is 3.33. The van der Waals surface area contributed by atoms with Crippen LogP contribution in [0.4, 0.5) is 10.6 Å². The third kappa shape index (κ3) is 4.48. The first kappa shape index (κ1) is 22.7. The van der Waals surface area contributed by atoms with Crippen LogP contribution in [0, 0.1) is 23.2 Å². The fourth-order valence-corrected chi connectivity index (χ4v) is 6.25. The van der Waals surface area contributed by atoms with Crippen molar-refractivity contribution in [1.29, 1.82) is 0 Å². The van der Waals surface area contributed by atoms with Gasteiger partial charge >= 0.3 is 11.7 Å². The number of carbonyl (C=O) groups excluding carboxylic acids is 1. The van der Waals surface area contributed by atoms with E-state index in [0.29, 0.717) is 11.2 Å². The lowest BCUT2D eigenvalue weighted by Crippen LogP contribution is -2.59. The van der Waals surface area contributed by atoms with Crippen molar-refractivity contribution in [3.63, 3.8) is 0 Å². The van der Waals surface area contributed by atoms with E-state index < -0.39 is 5.69 Å². The highest BCUT2D eigenvalue weighted by molar-refractivity contribution is 5.88. The van der Waals surface area contributed by atoms with Gasteiger partial charge in [-0.3, -0.25) is 9.88 Å². The molecule has 9 nitrogen and oxygen atoms in total. The summed E-state index contributed by atoms with van der Waals surface area (Å²) in [5.41, 5.74) is 7.82. The fourth-order valence-electron chi connectivity index (χ4n) is 6.25. The number of urea groups is 1. The molecule has 0 bridgehead atoms. The van der Waals surface area contributed by atoms with Gasteiger partial charge in [-0.2, -0.15) is 4.98 Å². The standard InChI is InChI=1S/C26H35N7O2/c27-13-20-21-14-31(15-22(20)21)9-5-18-1-3-19(4-2-18)33-10-6-23(30-25(33)35)29-24(34)32-11-7-26(8-12-32)16-28-17-26/h1-4,6,10,20-22,28H,5,7-9,11-17,27H2,(H,29,30,34,35)/t20?,21-,22+. The number of anilines is 1. The average molecular weight is 478 g/mol. The van der Waals surface area contributed by atoms with E-state index in [4.69, 9.17) is 5.73 Å². The van der Waals surface area contributed by atoms with E-state index in [1.807, 2.05) is 17.0 Å². The smallest absolute Gasteiger partial charge is 0.330 e. The number of likely N-dealkylation sites (tertiary alicyclic amines) is 2. The molecule has 4 N–H and O–H groups in total. The lowest BCUT2D eigenvalue weighted by atomic mass is 9.73. The number of fused-ring (bicyclic) bond motifs is 1. The molecule has 4 aliphatic rings. The number of rotatable bonds is 6. The van der Waals surface area contributed by atoms with Crippen LogP contribution in [0.1, 0.15) is 18.4 Å². The molecule has 3 atom stereocenters. The molecule has 1 spiro atoms. The summed E-state index contributed by atoms with van der Waals surface area (Å²) in [6, 6.07) is 9.58. The Bertz CT molecular complexity index is 1120. The first-order valence-corrected chi connectivity index (χ1v) is 12.9. The van der Waals surface area contributed by atoms with Crippen molar-refractivity contribution < 1.29 is 4.79 Å². The Morgan fingerprint density at radius 2 is 1.83 bits per heavy atom. The van der Waals surface area contributed by atoms with Gasteiger partial charge in [0.2, 0.25) is 0 Å². The van der Waals surface area contributed by atoms with Gasteiger partial charge in [-0.05, 0) is 72.7 Å². The molecule has 35 heavy (non-hydrogen) atoms. The van der Waals surface area contributed by atoms with Crippen LogP contribution in [-0.2, 0) is 6.42 Å². The summed E-state index contributed by atoms with van der Waals surface area (Å²) in [5, 5.41) is 6.13. The quantitative estimate of drug-likeness (QED) is 0.576. The van der Waals surface area contributed by atoms with Gasteiger partial charge in [0, 0.05) is 52.0 Å². The van der Waals surface area contributed by atoms with Gasteiger partial charge in [0.05, 0.1) is 5.69 Å². The molecule has 1 aromatic heterocycles. The van der Waals surface area contributed by atoms with E-state index >= 15 is 0 Å². The van der Waals surface area contributed by atoms with Gasteiger partial charge in [-0.1, -0.05) is 12.1 Å². The van der Waals surface area contributed by atoms with Crippen LogP contribution >= 0.6 is 0 Å². The van der Waals surface area contributed by atoms with Crippen LogP contribution in [-0.4, -0.2) is 77.7 Å². The predicted molar refractivity (Wildman–Crippen MR) is 135 cm³/mol. The second kappa shape index (κ2) is 9.04.